The first-order chi connectivity index (χ1) is 12.0. The topological polar surface area (TPSA) is 98.5 Å². The largest absolute Gasteiger partial charge is 0.458 e. The molecule has 0 spiro atoms. The Morgan fingerprint density at radius 2 is 2.12 bits per heavy atom. The van der Waals surface area contributed by atoms with Crippen LogP contribution in [0.2, 0.25) is 0 Å². The van der Waals surface area contributed by atoms with Crippen LogP contribution < -0.4 is 4.74 Å². The van der Waals surface area contributed by atoms with E-state index >= 15 is 0 Å². The first-order valence-electron chi connectivity index (χ1n) is 8.02. The maximum Gasteiger partial charge on any atom is 0.316 e. The molecule has 0 N–H and O–H groups in total. The monoisotopic (exact) mass is 342 g/mol. The van der Waals surface area contributed by atoms with Gasteiger partial charge < -0.3 is 9.64 Å². The summed E-state index contributed by atoms with van der Waals surface area (Å²) < 4.78 is 5.73. The zero-order valence-corrected chi connectivity index (χ0v) is 13.8. The summed E-state index contributed by atoms with van der Waals surface area (Å²) in [5.74, 6) is -0.231. The third-order valence-corrected chi connectivity index (χ3v) is 4.13. The second kappa shape index (κ2) is 7.25. The molecule has 1 aliphatic heterocycles. The van der Waals surface area contributed by atoms with Crippen molar-refractivity contribution in [1.82, 2.24) is 14.9 Å². The van der Waals surface area contributed by atoms with Crippen molar-refractivity contribution >= 4 is 11.6 Å². The number of hydrogen-bond acceptors (Lipinski definition) is 6. The molecule has 25 heavy (non-hydrogen) atoms. The van der Waals surface area contributed by atoms with E-state index in [9.17, 15) is 14.9 Å². The molecule has 0 bridgehead atoms. The van der Waals surface area contributed by atoms with Crippen LogP contribution in [0.15, 0.2) is 36.7 Å². The number of hydrogen-bond donors (Lipinski definition) is 0. The average Bonchev–Trinajstić information content (AvgIpc) is 2.62. The SMILES string of the molecule is Cc1ccc(C(=O)N2CCCC(Oc3ncccn3)C2)cc1[N+](=O)[O-]. The van der Waals surface area contributed by atoms with Gasteiger partial charge in [0.1, 0.15) is 6.10 Å². The summed E-state index contributed by atoms with van der Waals surface area (Å²) >= 11 is 0. The molecule has 130 valence electrons. The van der Waals surface area contributed by atoms with Crippen molar-refractivity contribution in [3.05, 3.63) is 57.9 Å². The summed E-state index contributed by atoms with van der Waals surface area (Å²) in [4.78, 5) is 33.0. The molecule has 1 fully saturated rings. The van der Waals surface area contributed by atoms with E-state index in [2.05, 4.69) is 9.97 Å². The molecule has 1 amide bonds. The van der Waals surface area contributed by atoms with Gasteiger partial charge in [0.2, 0.25) is 0 Å². The third-order valence-electron chi connectivity index (χ3n) is 4.13. The highest BCUT2D eigenvalue weighted by Gasteiger charge is 2.27. The van der Waals surface area contributed by atoms with Gasteiger partial charge in [0, 0.05) is 36.1 Å². The van der Waals surface area contributed by atoms with Crippen LogP contribution in [-0.2, 0) is 0 Å². The first kappa shape index (κ1) is 16.8. The standard InChI is InChI=1S/C17H18N4O4/c1-12-5-6-13(10-15(12)21(23)24)16(22)20-9-2-4-14(11-20)25-17-18-7-3-8-19-17/h3,5-8,10,14H,2,4,9,11H2,1H3. The Morgan fingerprint density at radius 1 is 1.36 bits per heavy atom. The number of ether oxygens (including phenoxy) is 1. The Morgan fingerprint density at radius 3 is 2.84 bits per heavy atom. The molecule has 2 heterocycles. The lowest BCUT2D eigenvalue weighted by Gasteiger charge is -2.32. The Hall–Kier alpha value is -3.03. The second-order valence-corrected chi connectivity index (χ2v) is 5.92. The summed E-state index contributed by atoms with van der Waals surface area (Å²) in [6.45, 7) is 2.64. The van der Waals surface area contributed by atoms with Crippen LogP contribution in [0.25, 0.3) is 0 Å². The number of benzene rings is 1. The molecule has 1 aromatic heterocycles. The maximum absolute atomic E-state index is 12.7. The van der Waals surface area contributed by atoms with Crippen molar-refractivity contribution in [1.29, 1.82) is 0 Å². The second-order valence-electron chi connectivity index (χ2n) is 5.92. The zero-order chi connectivity index (χ0) is 17.8. The summed E-state index contributed by atoms with van der Waals surface area (Å²) in [7, 11) is 0. The molecule has 0 aliphatic carbocycles. The Balaban J connectivity index is 1.72. The van der Waals surface area contributed by atoms with E-state index in [1.165, 1.54) is 6.07 Å². The molecule has 1 atom stereocenters. The van der Waals surface area contributed by atoms with E-state index < -0.39 is 4.92 Å². The number of likely N-dealkylation sites (tertiary alicyclic amines) is 1. The fourth-order valence-corrected chi connectivity index (χ4v) is 2.84. The van der Waals surface area contributed by atoms with Gasteiger partial charge in [-0.05, 0) is 31.9 Å². The number of nitro groups is 1. The van der Waals surface area contributed by atoms with Crippen LogP contribution in [0.3, 0.4) is 0 Å². The Labute approximate surface area is 144 Å². The lowest BCUT2D eigenvalue weighted by atomic mass is 10.1. The first-order valence-corrected chi connectivity index (χ1v) is 8.02. The van der Waals surface area contributed by atoms with Gasteiger partial charge in [0.25, 0.3) is 11.6 Å². The minimum absolute atomic E-state index is 0.0478. The maximum atomic E-state index is 12.7. The van der Waals surface area contributed by atoms with E-state index in [-0.39, 0.29) is 23.7 Å². The van der Waals surface area contributed by atoms with E-state index in [0.717, 1.165) is 12.8 Å². The third kappa shape index (κ3) is 3.90. The summed E-state index contributed by atoms with van der Waals surface area (Å²) in [5.41, 5.74) is 0.796. The van der Waals surface area contributed by atoms with E-state index in [1.807, 2.05) is 0 Å². The van der Waals surface area contributed by atoms with Crippen LogP contribution in [0.4, 0.5) is 5.69 Å². The van der Waals surface area contributed by atoms with Gasteiger partial charge >= 0.3 is 6.01 Å². The van der Waals surface area contributed by atoms with Crippen LogP contribution >= 0.6 is 0 Å². The van der Waals surface area contributed by atoms with Gasteiger partial charge in [-0.1, -0.05) is 6.07 Å². The molecule has 8 heteroatoms. The Kier molecular flexibility index (Phi) is 4.87. The molecule has 1 saturated heterocycles. The zero-order valence-electron chi connectivity index (χ0n) is 13.8. The summed E-state index contributed by atoms with van der Waals surface area (Å²) in [6.07, 6.45) is 4.59. The highest BCUT2D eigenvalue weighted by molar-refractivity contribution is 5.95. The van der Waals surface area contributed by atoms with Crippen LogP contribution in [0, 0.1) is 17.0 Å². The minimum Gasteiger partial charge on any atom is -0.458 e. The number of nitrogens with zero attached hydrogens (tertiary/aromatic N) is 4. The Bertz CT molecular complexity index is 781. The predicted molar refractivity (Wildman–Crippen MR) is 89.4 cm³/mol. The fourth-order valence-electron chi connectivity index (χ4n) is 2.84. The molecule has 8 nitrogen and oxygen atoms in total. The molecule has 1 aliphatic rings. The van der Waals surface area contributed by atoms with Crippen LogP contribution in [-0.4, -0.2) is 44.9 Å². The van der Waals surface area contributed by atoms with Gasteiger partial charge in [0.15, 0.2) is 0 Å². The number of piperidine rings is 1. The van der Waals surface area contributed by atoms with Crippen molar-refractivity contribution in [3.8, 4) is 6.01 Å². The molecular weight excluding hydrogens is 324 g/mol. The number of amides is 1. The molecule has 1 aromatic carbocycles. The van der Waals surface area contributed by atoms with Crippen molar-refractivity contribution in [2.24, 2.45) is 0 Å². The molecule has 3 rings (SSSR count). The highest BCUT2D eigenvalue weighted by Crippen LogP contribution is 2.22. The molecular formula is C17H18N4O4. The fraction of sp³-hybridized carbons (Fsp3) is 0.353. The summed E-state index contributed by atoms with van der Waals surface area (Å²) in [6, 6.07) is 6.54. The van der Waals surface area contributed by atoms with Gasteiger partial charge in [-0.25, -0.2) is 9.97 Å². The van der Waals surface area contributed by atoms with Gasteiger partial charge in [-0.2, -0.15) is 0 Å². The van der Waals surface area contributed by atoms with E-state index in [1.54, 1.807) is 42.4 Å². The number of aryl methyl sites for hydroxylation is 1. The molecule has 0 radical (unpaired) electrons. The van der Waals surface area contributed by atoms with Gasteiger partial charge in [-0.15, -0.1) is 0 Å². The van der Waals surface area contributed by atoms with Crippen molar-refractivity contribution in [3.63, 3.8) is 0 Å². The normalized spacial score (nSPS) is 17.2. The lowest BCUT2D eigenvalue weighted by molar-refractivity contribution is -0.385. The van der Waals surface area contributed by atoms with Gasteiger partial charge in [0.05, 0.1) is 11.5 Å². The molecule has 1 unspecified atom stereocenters. The number of nitro benzene ring substituents is 1. The summed E-state index contributed by atoms with van der Waals surface area (Å²) in [5, 5.41) is 11.1. The van der Waals surface area contributed by atoms with Crippen molar-refractivity contribution in [2.45, 2.75) is 25.9 Å². The lowest BCUT2D eigenvalue weighted by Crippen LogP contribution is -2.44. The number of rotatable bonds is 4. The number of carbonyl (C=O) groups is 1. The molecule has 2 aromatic rings. The quantitative estimate of drug-likeness (QED) is 0.625. The number of aromatic nitrogens is 2. The van der Waals surface area contributed by atoms with Crippen LogP contribution in [0.5, 0.6) is 6.01 Å². The average molecular weight is 342 g/mol. The minimum atomic E-state index is -0.471. The predicted octanol–water partition coefficient (Wildman–Crippen LogP) is 2.38. The van der Waals surface area contributed by atoms with E-state index in [0.29, 0.717) is 24.2 Å². The van der Waals surface area contributed by atoms with Crippen molar-refractivity contribution < 1.29 is 14.5 Å². The van der Waals surface area contributed by atoms with Crippen molar-refractivity contribution in [2.75, 3.05) is 13.1 Å². The smallest absolute Gasteiger partial charge is 0.316 e. The highest BCUT2D eigenvalue weighted by atomic mass is 16.6. The van der Waals surface area contributed by atoms with Gasteiger partial charge in [-0.3, -0.25) is 14.9 Å². The van der Waals surface area contributed by atoms with Crippen LogP contribution in [0.1, 0.15) is 28.8 Å². The van der Waals surface area contributed by atoms with E-state index in [4.69, 9.17) is 4.74 Å². The number of carbonyl (C=O) groups excluding carboxylic acids is 1. The molecule has 0 saturated carbocycles.